The van der Waals surface area contributed by atoms with E-state index in [1.54, 1.807) is 17.0 Å². The van der Waals surface area contributed by atoms with Crippen LogP contribution in [0.3, 0.4) is 0 Å². The third-order valence-electron chi connectivity index (χ3n) is 3.16. The Labute approximate surface area is 162 Å². The molecular formula is C12H16Cl2F2I2N2O. The number of nitrogens with one attached hydrogen (secondary N) is 1. The van der Waals surface area contributed by atoms with Gasteiger partial charge in [0.05, 0.1) is 13.2 Å². The van der Waals surface area contributed by atoms with Crippen LogP contribution in [-0.4, -0.2) is 42.6 Å². The first-order valence-corrected chi connectivity index (χ1v) is 8.07. The number of benzene rings is 1. The molecule has 1 aromatic rings. The Morgan fingerprint density at radius 3 is 2.00 bits per heavy atom. The molecule has 21 heavy (non-hydrogen) atoms. The minimum atomic E-state index is -2.44. The summed E-state index contributed by atoms with van der Waals surface area (Å²) >= 11 is 3.95. The molecule has 1 aromatic carbocycles. The first-order chi connectivity index (χ1) is 9.00. The molecule has 2 N–H and O–H groups in total. The highest BCUT2D eigenvalue weighted by molar-refractivity contribution is 14.1. The fraction of sp³-hybridized carbons (Fsp3) is 0.500. The van der Waals surface area contributed by atoms with E-state index in [1.807, 2.05) is 45.2 Å². The molecule has 1 aliphatic heterocycles. The number of phenolic OH excluding ortho intramolecular Hbond substituents is 1. The number of halogens is 6. The fourth-order valence-corrected chi connectivity index (χ4v) is 4.05. The van der Waals surface area contributed by atoms with Crippen molar-refractivity contribution in [2.45, 2.75) is 12.5 Å². The first-order valence-electron chi connectivity index (χ1n) is 5.91. The molecule has 1 aliphatic rings. The van der Waals surface area contributed by atoms with Gasteiger partial charge in [-0.25, -0.2) is 8.78 Å². The molecule has 0 bridgehead atoms. The van der Waals surface area contributed by atoms with Gasteiger partial charge in [-0.15, -0.1) is 24.8 Å². The van der Waals surface area contributed by atoms with Gasteiger partial charge in [0.15, 0.2) is 0 Å². The molecule has 0 spiro atoms. The van der Waals surface area contributed by atoms with Crippen molar-refractivity contribution in [3.8, 4) is 5.75 Å². The van der Waals surface area contributed by atoms with E-state index >= 15 is 0 Å². The van der Waals surface area contributed by atoms with Crippen LogP contribution in [0.1, 0.15) is 11.6 Å². The maximum absolute atomic E-state index is 13.4. The number of nitrogens with zero attached hydrogens (tertiary/aromatic N) is 1. The summed E-state index contributed by atoms with van der Waals surface area (Å²) in [6.45, 7) is 2.69. The van der Waals surface area contributed by atoms with Crippen LogP contribution < -0.4 is 5.32 Å². The van der Waals surface area contributed by atoms with Crippen molar-refractivity contribution < 1.29 is 13.9 Å². The van der Waals surface area contributed by atoms with Gasteiger partial charge in [-0.3, -0.25) is 4.90 Å². The van der Waals surface area contributed by atoms with E-state index < -0.39 is 12.5 Å². The van der Waals surface area contributed by atoms with Crippen molar-refractivity contribution in [1.82, 2.24) is 10.2 Å². The highest BCUT2D eigenvalue weighted by Crippen LogP contribution is 2.34. The first kappa shape index (κ1) is 21.8. The van der Waals surface area contributed by atoms with Crippen LogP contribution >= 0.6 is 70.0 Å². The van der Waals surface area contributed by atoms with E-state index in [4.69, 9.17) is 0 Å². The van der Waals surface area contributed by atoms with Gasteiger partial charge in [-0.05, 0) is 62.9 Å². The fourth-order valence-electron chi connectivity index (χ4n) is 2.23. The van der Waals surface area contributed by atoms with Crippen molar-refractivity contribution in [2.75, 3.05) is 26.2 Å². The number of hydrogen-bond acceptors (Lipinski definition) is 3. The quantitative estimate of drug-likeness (QED) is 0.549. The van der Waals surface area contributed by atoms with Gasteiger partial charge >= 0.3 is 0 Å². The molecule has 9 heteroatoms. The zero-order valence-electron chi connectivity index (χ0n) is 10.9. The van der Waals surface area contributed by atoms with Crippen molar-refractivity contribution in [3.05, 3.63) is 24.8 Å². The van der Waals surface area contributed by atoms with Gasteiger partial charge < -0.3 is 10.4 Å². The molecule has 3 nitrogen and oxygen atoms in total. The van der Waals surface area contributed by atoms with E-state index in [-0.39, 0.29) is 30.6 Å². The highest BCUT2D eigenvalue weighted by Gasteiger charge is 2.30. The van der Waals surface area contributed by atoms with Crippen molar-refractivity contribution in [3.63, 3.8) is 0 Å². The molecule has 0 amide bonds. The Bertz CT molecular complexity index is 440. The Morgan fingerprint density at radius 1 is 1.10 bits per heavy atom. The van der Waals surface area contributed by atoms with Crippen LogP contribution in [0.5, 0.6) is 5.75 Å². The van der Waals surface area contributed by atoms with Crippen LogP contribution in [0.2, 0.25) is 0 Å². The van der Waals surface area contributed by atoms with Crippen LogP contribution in [0.4, 0.5) is 8.78 Å². The van der Waals surface area contributed by atoms with E-state index in [0.29, 0.717) is 25.8 Å². The summed E-state index contributed by atoms with van der Waals surface area (Å²) in [5.74, 6) is 0.165. The molecule has 0 aliphatic carbocycles. The van der Waals surface area contributed by atoms with E-state index in [9.17, 15) is 13.9 Å². The van der Waals surface area contributed by atoms with E-state index in [1.165, 1.54) is 0 Å². The predicted octanol–water partition coefficient (Wildman–Crippen LogP) is 3.66. The topological polar surface area (TPSA) is 35.5 Å². The minimum absolute atomic E-state index is 0. The lowest BCUT2D eigenvalue weighted by Crippen LogP contribution is -2.46. The van der Waals surface area contributed by atoms with Crippen LogP contribution in [0, 0.1) is 7.14 Å². The van der Waals surface area contributed by atoms with Crippen molar-refractivity contribution in [2.24, 2.45) is 0 Å². The Kier molecular flexibility index (Phi) is 10.3. The number of aromatic hydroxyl groups is 1. The molecule has 2 rings (SSSR count). The summed E-state index contributed by atoms with van der Waals surface area (Å²) in [7, 11) is 0. The van der Waals surface area contributed by atoms with E-state index in [2.05, 4.69) is 5.32 Å². The lowest BCUT2D eigenvalue weighted by atomic mass is 10.0. The van der Waals surface area contributed by atoms with Gasteiger partial charge in [0, 0.05) is 26.2 Å². The van der Waals surface area contributed by atoms with Gasteiger partial charge in [-0.2, -0.15) is 0 Å². The molecule has 1 atom stereocenters. The summed E-state index contributed by atoms with van der Waals surface area (Å²) in [5.41, 5.74) is 0.573. The monoisotopic (exact) mass is 566 g/mol. The number of piperazine rings is 1. The lowest BCUT2D eigenvalue weighted by Gasteiger charge is -2.34. The molecule has 122 valence electrons. The van der Waals surface area contributed by atoms with Crippen LogP contribution in [-0.2, 0) is 0 Å². The van der Waals surface area contributed by atoms with Gasteiger partial charge in [0.2, 0.25) is 0 Å². The maximum Gasteiger partial charge on any atom is 0.258 e. The number of rotatable bonds is 3. The normalized spacial score (nSPS) is 17.0. The summed E-state index contributed by atoms with van der Waals surface area (Å²) < 4.78 is 28.0. The third kappa shape index (κ3) is 5.45. The molecule has 0 unspecified atom stereocenters. The number of hydrogen-bond donors (Lipinski definition) is 2. The Morgan fingerprint density at radius 2 is 1.57 bits per heavy atom. The SMILES string of the molecule is Cl.Cl.Oc1c(I)cc([C@@H](C(F)F)N2CCNCC2)cc1I. The second kappa shape index (κ2) is 9.86. The molecule has 0 radical (unpaired) electrons. The van der Waals surface area contributed by atoms with Crippen LogP contribution in [0.25, 0.3) is 0 Å². The van der Waals surface area contributed by atoms with Gasteiger partial charge in [0.25, 0.3) is 6.43 Å². The molecule has 1 saturated heterocycles. The third-order valence-corrected chi connectivity index (χ3v) is 4.81. The zero-order chi connectivity index (χ0) is 14.0. The summed E-state index contributed by atoms with van der Waals surface area (Å²) in [6, 6.07) is 2.40. The largest absolute Gasteiger partial charge is 0.506 e. The predicted molar refractivity (Wildman–Crippen MR) is 101 cm³/mol. The lowest BCUT2D eigenvalue weighted by molar-refractivity contribution is 0.0181. The average Bonchev–Trinajstić information content (AvgIpc) is 2.37. The Balaban J connectivity index is 0.00000200. The second-order valence-electron chi connectivity index (χ2n) is 4.40. The second-order valence-corrected chi connectivity index (χ2v) is 6.72. The highest BCUT2D eigenvalue weighted by atomic mass is 127. The molecule has 0 saturated carbocycles. The smallest absolute Gasteiger partial charge is 0.258 e. The standard InChI is InChI=1S/C12H14F2I2N2O.2ClH/c13-12(14)10(18-3-1-17-2-4-18)7-5-8(15)11(19)9(16)6-7;;/h5-6,10,12,17,19H,1-4H2;2*1H/t10-;;/m0../s1. The van der Waals surface area contributed by atoms with Crippen molar-refractivity contribution >= 4 is 70.0 Å². The molecule has 1 fully saturated rings. The van der Waals surface area contributed by atoms with Crippen LogP contribution in [0.15, 0.2) is 12.1 Å². The number of phenols is 1. The van der Waals surface area contributed by atoms with E-state index in [0.717, 1.165) is 13.1 Å². The minimum Gasteiger partial charge on any atom is -0.506 e. The molecular weight excluding hydrogens is 551 g/mol. The summed E-state index contributed by atoms with van der Waals surface area (Å²) in [5, 5.41) is 12.9. The zero-order valence-corrected chi connectivity index (χ0v) is 16.8. The summed E-state index contributed by atoms with van der Waals surface area (Å²) in [6.07, 6.45) is -2.44. The summed E-state index contributed by atoms with van der Waals surface area (Å²) in [4.78, 5) is 1.81. The average molecular weight is 567 g/mol. The molecule has 1 heterocycles. The van der Waals surface area contributed by atoms with Gasteiger partial charge in [0.1, 0.15) is 5.75 Å². The van der Waals surface area contributed by atoms with Crippen molar-refractivity contribution in [1.29, 1.82) is 0 Å². The molecule has 0 aromatic heterocycles. The maximum atomic E-state index is 13.4. The van der Waals surface area contributed by atoms with Gasteiger partial charge in [-0.1, -0.05) is 0 Å². The number of alkyl halides is 2. The Hall–Kier alpha value is 0.840.